The van der Waals surface area contributed by atoms with Crippen molar-refractivity contribution in [2.75, 3.05) is 24.6 Å². The van der Waals surface area contributed by atoms with Crippen LogP contribution in [-0.2, 0) is 15.6 Å². The number of nitrogens with one attached hydrogen (secondary N) is 1. The van der Waals surface area contributed by atoms with E-state index < -0.39 is 102 Å². The average Bonchev–Trinajstić information content (AvgIpc) is 2.70. The molecule has 0 aliphatic rings. The summed E-state index contributed by atoms with van der Waals surface area (Å²) in [5.74, 6) is -61.8. The van der Waals surface area contributed by atoms with Gasteiger partial charge in [-0.2, -0.15) is 74.6 Å². The van der Waals surface area contributed by atoms with Gasteiger partial charge in [0.2, 0.25) is 0 Å². The second-order valence-corrected chi connectivity index (χ2v) is 9.01. The lowest BCUT2D eigenvalue weighted by Gasteiger charge is -2.42. The number of carbonyl (C=O) groups is 1. The van der Waals surface area contributed by atoms with Gasteiger partial charge in [0.15, 0.2) is 0 Å². The Morgan fingerprint density at radius 3 is 1.42 bits per heavy atom. The molecule has 0 rings (SSSR count). The number of carboxylic acid groups (broad SMARTS) is 1. The number of halogens is 17. The molecular weight excluding hydrogens is 613 g/mol. The molecule has 38 heavy (non-hydrogen) atoms. The number of hydrogen-bond donors (Lipinski definition) is 3. The predicted octanol–water partition coefficient (Wildman–Crippen LogP) is 4.17. The van der Waals surface area contributed by atoms with Crippen LogP contribution < -0.4 is 5.32 Å². The highest BCUT2D eigenvalue weighted by Crippen LogP contribution is 2.64. The quantitative estimate of drug-likeness (QED) is 0.238. The molecule has 0 saturated heterocycles. The van der Waals surface area contributed by atoms with Crippen molar-refractivity contribution in [2.45, 2.75) is 60.2 Å². The first-order valence-corrected chi connectivity index (χ1v) is 10.6. The molecule has 5 nitrogen and oxygen atoms in total. The number of alkyl halides is 17. The van der Waals surface area contributed by atoms with Gasteiger partial charge in [-0.05, 0) is 0 Å². The van der Waals surface area contributed by atoms with Crippen LogP contribution in [0.15, 0.2) is 0 Å². The van der Waals surface area contributed by atoms with Crippen molar-refractivity contribution in [2.24, 2.45) is 0 Å². The van der Waals surface area contributed by atoms with E-state index in [1.54, 1.807) is 0 Å². The van der Waals surface area contributed by atoms with E-state index in [0.717, 1.165) is 0 Å². The summed E-state index contributed by atoms with van der Waals surface area (Å²) in [6.45, 7) is -1.53. The van der Waals surface area contributed by atoms with E-state index in [2.05, 4.69) is 0 Å². The van der Waals surface area contributed by atoms with Gasteiger partial charge in [-0.15, -0.1) is 0 Å². The molecule has 228 valence electrons. The van der Waals surface area contributed by atoms with Gasteiger partial charge in [0.05, 0.1) is 18.4 Å². The molecule has 3 N–H and O–H groups in total. The molecule has 0 radical (unpaired) electrons. The maximum absolute atomic E-state index is 13.7. The van der Waals surface area contributed by atoms with Crippen molar-refractivity contribution in [1.29, 1.82) is 0 Å². The van der Waals surface area contributed by atoms with E-state index in [0.29, 0.717) is 0 Å². The van der Waals surface area contributed by atoms with Crippen LogP contribution in [0.25, 0.3) is 0 Å². The lowest BCUT2D eigenvalue weighted by Crippen LogP contribution is -2.74. The molecule has 0 amide bonds. The third kappa shape index (κ3) is 6.39. The molecule has 0 aromatic rings. The zero-order chi connectivity index (χ0) is 31.0. The number of rotatable bonds is 15. The van der Waals surface area contributed by atoms with Crippen LogP contribution in [0.5, 0.6) is 0 Å². The van der Waals surface area contributed by atoms with E-state index in [4.69, 9.17) is 5.11 Å². The molecule has 0 aromatic carbocycles. The maximum atomic E-state index is 13.7. The second-order valence-electron chi connectivity index (χ2n) is 7.39. The molecule has 23 heteroatoms. The molecule has 2 unspecified atom stereocenters. The van der Waals surface area contributed by atoms with Gasteiger partial charge in [0, 0.05) is 29.5 Å². The van der Waals surface area contributed by atoms with Crippen molar-refractivity contribution < 1.29 is 93.9 Å². The van der Waals surface area contributed by atoms with E-state index >= 15 is 0 Å². The summed E-state index contributed by atoms with van der Waals surface area (Å²) in [4.78, 5) is 10.2. The molecule has 0 fully saturated rings. The van der Waals surface area contributed by atoms with Crippen molar-refractivity contribution in [1.82, 2.24) is 5.32 Å². The largest absolute Gasteiger partial charge is 0.480 e. The Bertz CT molecular complexity index is 861. The molecule has 0 heterocycles. The minimum Gasteiger partial charge on any atom is -0.480 e. The van der Waals surface area contributed by atoms with Gasteiger partial charge in [-0.3, -0.25) is 9.00 Å². The first kappa shape index (κ1) is 36.4. The minimum absolute atomic E-state index is 0.721. The maximum Gasteiger partial charge on any atom is 0.460 e. The third-order valence-corrected chi connectivity index (χ3v) is 5.88. The smallest absolute Gasteiger partial charge is 0.460 e. The van der Waals surface area contributed by atoms with Crippen LogP contribution in [0.4, 0.5) is 74.6 Å². The van der Waals surface area contributed by atoms with Crippen LogP contribution in [0.1, 0.15) is 6.42 Å². The first-order chi connectivity index (χ1) is 16.5. The second kappa shape index (κ2) is 11.1. The fraction of sp³-hybridized carbons (Fsp3) is 0.933. The average molecular weight is 627 g/mol. The summed E-state index contributed by atoms with van der Waals surface area (Å²) in [5, 5.41) is 19.6. The summed E-state index contributed by atoms with van der Waals surface area (Å²) >= 11 is 0. The normalized spacial score (nSPS) is 16.9. The van der Waals surface area contributed by atoms with E-state index in [1.807, 2.05) is 5.32 Å². The Hall–Kier alpha value is -1.65. The highest BCUT2D eigenvalue weighted by atomic mass is 32.2. The summed E-state index contributed by atoms with van der Waals surface area (Å²) in [7, 11) is -2.92. The zero-order valence-corrected chi connectivity index (χ0v) is 18.5. The summed E-state index contributed by atoms with van der Waals surface area (Å²) in [6, 6.07) is 0. The van der Waals surface area contributed by atoms with Gasteiger partial charge in [-0.25, -0.2) is 0 Å². The molecular formula is C15H14F17NO4S. The molecule has 2 atom stereocenters. The number of aliphatic carboxylic acids is 1. The van der Waals surface area contributed by atoms with Crippen molar-refractivity contribution in [3.8, 4) is 0 Å². The Morgan fingerprint density at radius 2 is 1.05 bits per heavy atom. The van der Waals surface area contributed by atoms with Crippen molar-refractivity contribution >= 4 is 16.8 Å². The fourth-order valence-corrected chi connectivity index (χ4v) is 3.50. The molecule has 0 spiro atoms. The van der Waals surface area contributed by atoms with Crippen molar-refractivity contribution in [3.05, 3.63) is 0 Å². The van der Waals surface area contributed by atoms with Crippen LogP contribution in [0, 0.1) is 0 Å². The van der Waals surface area contributed by atoms with Gasteiger partial charge < -0.3 is 15.5 Å². The van der Waals surface area contributed by atoms with E-state index in [1.165, 1.54) is 0 Å². The Balaban J connectivity index is 5.98. The lowest BCUT2D eigenvalue weighted by atomic mass is 9.88. The Morgan fingerprint density at radius 1 is 0.684 bits per heavy atom. The Kier molecular flexibility index (Phi) is 10.6. The highest BCUT2D eigenvalue weighted by molar-refractivity contribution is 7.85. The van der Waals surface area contributed by atoms with Crippen LogP contribution in [-0.4, -0.2) is 98.7 Å². The third-order valence-electron chi connectivity index (χ3n) is 4.47. The van der Waals surface area contributed by atoms with Crippen LogP contribution in [0.3, 0.4) is 0 Å². The Labute approximate surface area is 201 Å². The minimum atomic E-state index is -8.72. The molecule has 0 aromatic heterocycles. The number of carboxylic acids is 1. The summed E-state index contributed by atoms with van der Waals surface area (Å²) in [6.07, 6.45) is -12.6. The molecule has 0 aliphatic heterocycles. The first-order valence-electron chi connectivity index (χ1n) is 9.12. The molecule has 0 aliphatic carbocycles. The van der Waals surface area contributed by atoms with Gasteiger partial charge in [-0.1, -0.05) is 0 Å². The van der Waals surface area contributed by atoms with E-state index in [-0.39, 0.29) is 0 Å². The zero-order valence-electron chi connectivity index (χ0n) is 17.7. The highest BCUT2D eigenvalue weighted by Gasteiger charge is 2.95. The van der Waals surface area contributed by atoms with Crippen LogP contribution in [0.2, 0.25) is 0 Å². The predicted molar refractivity (Wildman–Crippen MR) is 89.7 cm³/mol. The van der Waals surface area contributed by atoms with Crippen LogP contribution >= 0.6 is 0 Å². The molecule has 0 saturated carbocycles. The fourth-order valence-electron chi connectivity index (χ4n) is 2.30. The van der Waals surface area contributed by atoms with Gasteiger partial charge >= 0.3 is 53.6 Å². The van der Waals surface area contributed by atoms with Gasteiger partial charge in [0.1, 0.15) is 0 Å². The van der Waals surface area contributed by atoms with E-state index in [9.17, 15) is 88.7 Å². The number of hydrogen-bond acceptors (Lipinski definition) is 4. The summed E-state index contributed by atoms with van der Waals surface area (Å²) < 4.78 is 235. The van der Waals surface area contributed by atoms with Gasteiger partial charge in [0.25, 0.3) is 0 Å². The monoisotopic (exact) mass is 627 g/mol. The molecule has 0 bridgehead atoms. The lowest BCUT2D eigenvalue weighted by molar-refractivity contribution is -0.461. The SMILES string of the molecule is O=C(O)CNCC(O)CS(=O)CCC(F)(F)C(F)(F)C(F)(F)C(F)(F)C(F)(F)C(F)(F)C(F)(F)C(F)(F)F. The topological polar surface area (TPSA) is 86.6 Å². The summed E-state index contributed by atoms with van der Waals surface area (Å²) in [5.41, 5.74) is 0. The number of aliphatic hydroxyl groups is 1. The van der Waals surface area contributed by atoms with Crippen molar-refractivity contribution in [3.63, 3.8) is 0 Å². The standard InChI is InChI=1S/C15H14F17NO4S/c16-8(17,1-2-38(37)5-6(34)3-33-4-7(35)36)9(18,19)10(20,21)11(22,23)12(24,25)13(26,27)14(28,29)15(30,31)32/h6,33-34H,1-5H2,(H,35,36). The number of aliphatic hydroxyl groups excluding tert-OH is 1.